The maximum absolute atomic E-state index is 11.9. The zero-order chi connectivity index (χ0) is 17.9. The number of carbonyl (C=O) groups is 3. The first-order chi connectivity index (χ1) is 11.4. The van der Waals surface area contributed by atoms with E-state index in [1.54, 1.807) is 18.2 Å². The van der Waals surface area contributed by atoms with Crippen molar-refractivity contribution in [1.29, 1.82) is 0 Å². The average Bonchev–Trinajstić information content (AvgIpc) is 2.52. The number of amides is 2. The molecule has 0 aliphatic heterocycles. The number of alkyl carbamates (subject to hydrolysis) is 1. The molecule has 24 heavy (non-hydrogen) atoms. The second-order valence-electron chi connectivity index (χ2n) is 5.34. The number of carbonyl (C=O) groups excluding carboxylic acids is 3. The lowest BCUT2D eigenvalue weighted by molar-refractivity contribution is -0.146. The van der Waals surface area contributed by atoms with E-state index in [1.165, 1.54) is 0 Å². The van der Waals surface area contributed by atoms with Gasteiger partial charge in [-0.1, -0.05) is 35.9 Å². The van der Waals surface area contributed by atoms with Crippen molar-refractivity contribution >= 4 is 18.0 Å². The van der Waals surface area contributed by atoms with Gasteiger partial charge in [0.1, 0.15) is 19.3 Å². The van der Waals surface area contributed by atoms with Gasteiger partial charge >= 0.3 is 12.1 Å². The van der Waals surface area contributed by atoms with Crippen LogP contribution in [0.3, 0.4) is 0 Å². The fourth-order valence-electron chi connectivity index (χ4n) is 1.69. The third-order valence-corrected chi connectivity index (χ3v) is 2.91. The van der Waals surface area contributed by atoms with Crippen molar-refractivity contribution < 1.29 is 23.9 Å². The highest BCUT2D eigenvalue weighted by Crippen LogP contribution is 2.02. The zero-order valence-electron chi connectivity index (χ0n) is 13.8. The normalized spacial score (nSPS) is 11.1. The SMILES string of the molecule is CC(C)=CCOC(=O)[C@H](CC(N)=O)NC(=O)OCc1ccccc1. The van der Waals surface area contributed by atoms with Gasteiger partial charge in [0.15, 0.2) is 0 Å². The maximum Gasteiger partial charge on any atom is 0.408 e. The minimum atomic E-state index is -1.18. The van der Waals surface area contributed by atoms with E-state index in [1.807, 2.05) is 32.0 Å². The summed E-state index contributed by atoms with van der Waals surface area (Å²) < 4.78 is 10.00. The van der Waals surface area contributed by atoms with Crippen LogP contribution in [0.15, 0.2) is 42.0 Å². The molecule has 0 radical (unpaired) electrons. The monoisotopic (exact) mass is 334 g/mol. The first kappa shape index (κ1) is 19.2. The molecule has 130 valence electrons. The van der Waals surface area contributed by atoms with Gasteiger partial charge in [-0.15, -0.1) is 0 Å². The number of rotatable bonds is 8. The number of primary amides is 1. The van der Waals surface area contributed by atoms with E-state index in [0.717, 1.165) is 11.1 Å². The van der Waals surface area contributed by atoms with Crippen molar-refractivity contribution in [3.8, 4) is 0 Å². The van der Waals surface area contributed by atoms with E-state index in [-0.39, 0.29) is 19.6 Å². The molecule has 7 heteroatoms. The largest absolute Gasteiger partial charge is 0.460 e. The molecule has 0 aliphatic carbocycles. The van der Waals surface area contributed by atoms with Gasteiger partial charge in [0.2, 0.25) is 5.91 Å². The fourth-order valence-corrected chi connectivity index (χ4v) is 1.69. The van der Waals surface area contributed by atoms with Gasteiger partial charge in [-0.25, -0.2) is 9.59 Å². The van der Waals surface area contributed by atoms with Gasteiger partial charge in [-0.3, -0.25) is 4.79 Å². The molecule has 1 atom stereocenters. The molecule has 1 rings (SSSR count). The Labute approximate surface area is 140 Å². The molecule has 1 aromatic carbocycles. The van der Waals surface area contributed by atoms with Gasteiger partial charge in [0.25, 0.3) is 0 Å². The molecule has 0 spiro atoms. The maximum atomic E-state index is 11.9. The van der Waals surface area contributed by atoms with Crippen LogP contribution in [0.25, 0.3) is 0 Å². The third-order valence-electron chi connectivity index (χ3n) is 2.91. The first-order valence-corrected chi connectivity index (χ1v) is 7.44. The Morgan fingerprint density at radius 3 is 2.42 bits per heavy atom. The van der Waals surface area contributed by atoms with Crippen LogP contribution in [0, 0.1) is 0 Å². The predicted octanol–water partition coefficient (Wildman–Crippen LogP) is 1.67. The van der Waals surface area contributed by atoms with Crippen LogP contribution in [-0.2, 0) is 25.7 Å². The van der Waals surface area contributed by atoms with E-state index in [9.17, 15) is 14.4 Å². The molecular formula is C17H22N2O5. The highest BCUT2D eigenvalue weighted by Gasteiger charge is 2.24. The number of benzene rings is 1. The summed E-state index contributed by atoms with van der Waals surface area (Å²) in [5, 5.41) is 2.30. The van der Waals surface area contributed by atoms with Crippen molar-refractivity contribution in [3.05, 3.63) is 47.5 Å². The molecule has 0 bridgehead atoms. The molecule has 7 nitrogen and oxygen atoms in total. The molecule has 0 aromatic heterocycles. The lowest BCUT2D eigenvalue weighted by Crippen LogP contribution is -2.44. The Hall–Kier alpha value is -2.83. The molecule has 3 N–H and O–H groups in total. The Morgan fingerprint density at radius 2 is 1.83 bits per heavy atom. The van der Waals surface area contributed by atoms with E-state index in [2.05, 4.69) is 5.32 Å². The van der Waals surface area contributed by atoms with Crippen molar-refractivity contribution in [2.75, 3.05) is 6.61 Å². The summed E-state index contributed by atoms with van der Waals surface area (Å²) in [5.41, 5.74) is 6.87. The van der Waals surface area contributed by atoms with Crippen LogP contribution in [0.2, 0.25) is 0 Å². The topological polar surface area (TPSA) is 108 Å². The number of ether oxygens (including phenoxy) is 2. The molecule has 0 saturated heterocycles. The van der Waals surface area contributed by atoms with Crippen molar-refractivity contribution in [1.82, 2.24) is 5.32 Å². The third kappa shape index (κ3) is 7.98. The predicted molar refractivity (Wildman–Crippen MR) is 87.8 cm³/mol. The molecule has 0 unspecified atom stereocenters. The summed E-state index contributed by atoms with van der Waals surface area (Å²) in [4.78, 5) is 34.8. The highest BCUT2D eigenvalue weighted by atomic mass is 16.6. The minimum Gasteiger partial charge on any atom is -0.460 e. The van der Waals surface area contributed by atoms with Crippen molar-refractivity contribution in [2.45, 2.75) is 32.9 Å². The Morgan fingerprint density at radius 1 is 1.17 bits per heavy atom. The van der Waals surface area contributed by atoms with Gasteiger partial charge < -0.3 is 20.5 Å². The van der Waals surface area contributed by atoms with Gasteiger partial charge in [-0.2, -0.15) is 0 Å². The van der Waals surface area contributed by atoms with E-state index in [0.29, 0.717) is 0 Å². The van der Waals surface area contributed by atoms with Crippen molar-refractivity contribution in [2.24, 2.45) is 5.73 Å². The molecule has 0 fully saturated rings. The quantitative estimate of drug-likeness (QED) is 0.555. The zero-order valence-corrected chi connectivity index (χ0v) is 13.8. The Bertz CT molecular complexity index is 594. The Kier molecular flexibility index (Phi) is 8.04. The van der Waals surface area contributed by atoms with E-state index in [4.69, 9.17) is 15.2 Å². The van der Waals surface area contributed by atoms with Crippen molar-refractivity contribution in [3.63, 3.8) is 0 Å². The standard InChI is InChI=1S/C17H22N2O5/c1-12(2)8-9-23-16(21)14(10-15(18)20)19-17(22)24-11-13-6-4-3-5-7-13/h3-8,14H,9-11H2,1-2H3,(H2,18,20)(H,19,22)/t14-/m0/s1. The summed E-state index contributed by atoms with van der Waals surface area (Å²) in [5.74, 6) is -1.48. The van der Waals surface area contributed by atoms with Crippen LogP contribution in [0.5, 0.6) is 0 Å². The number of hydrogen-bond acceptors (Lipinski definition) is 5. The second-order valence-corrected chi connectivity index (χ2v) is 5.34. The highest BCUT2D eigenvalue weighted by molar-refractivity contribution is 5.87. The number of allylic oxidation sites excluding steroid dienone is 1. The molecular weight excluding hydrogens is 312 g/mol. The fraction of sp³-hybridized carbons (Fsp3) is 0.353. The van der Waals surface area contributed by atoms with Gasteiger partial charge in [0.05, 0.1) is 6.42 Å². The summed E-state index contributed by atoms with van der Waals surface area (Å²) in [6.45, 7) is 3.81. The number of hydrogen-bond donors (Lipinski definition) is 2. The van der Waals surface area contributed by atoms with Gasteiger partial charge in [-0.05, 0) is 25.5 Å². The molecule has 0 saturated carbocycles. The average molecular weight is 334 g/mol. The van der Waals surface area contributed by atoms with Crippen LogP contribution in [0.1, 0.15) is 25.8 Å². The second kappa shape index (κ2) is 10.0. The van der Waals surface area contributed by atoms with Crippen LogP contribution < -0.4 is 11.1 Å². The van der Waals surface area contributed by atoms with E-state index >= 15 is 0 Å². The lowest BCUT2D eigenvalue weighted by Gasteiger charge is -2.16. The molecule has 1 aromatic rings. The molecule has 0 aliphatic rings. The van der Waals surface area contributed by atoms with Crippen LogP contribution in [-0.4, -0.2) is 30.6 Å². The van der Waals surface area contributed by atoms with Gasteiger partial charge in [0, 0.05) is 0 Å². The summed E-state index contributed by atoms with van der Waals surface area (Å²) >= 11 is 0. The first-order valence-electron chi connectivity index (χ1n) is 7.44. The number of nitrogens with two attached hydrogens (primary N) is 1. The summed E-state index contributed by atoms with van der Waals surface area (Å²) in [6, 6.07) is 7.87. The molecule has 2 amide bonds. The van der Waals surface area contributed by atoms with E-state index < -0.39 is 24.0 Å². The number of nitrogens with one attached hydrogen (secondary N) is 1. The van der Waals surface area contributed by atoms with Crippen LogP contribution in [0.4, 0.5) is 4.79 Å². The smallest absolute Gasteiger partial charge is 0.408 e. The minimum absolute atomic E-state index is 0.0444. The number of esters is 1. The lowest BCUT2D eigenvalue weighted by atomic mass is 10.2. The summed E-state index contributed by atoms with van der Waals surface area (Å²) in [7, 11) is 0. The molecule has 0 heterocycles. The summed E-state index contributed by atoms with van der Waals surface area (Å²) in [6.07, 6.45) is 0.505. The Balaban J connectivity index is 2.54. The van der Waals surface area contributed by atoms with Crippen LogP contribution >= 0.6 is 0 Å².